The number of thioether (sulfide) groups is 1. The quantitative estimate of drug-likeness (QED) is 0.161. The Morgan fingerprint density at radius 1 is 1.03 bits per heavy atom. The van der Waals surface area contributed by atoms with Crippen molar-refractivity contribution >= 4 is 41.0 Å². The summed E-state index contributed by atoms with van der Waals surface area (Å²) in [6.07, 6.45) is 0.748. The van der Waals surface area contributed by atoms with Crippen molar-refractivity contribution < 1.29 is 18.7 Å². The molecular weight excluding hydrogens is 526 g/mol. The maximum atomic E-state index is 14.2. The van der Waals surface area contributed by atoms with Gasteiger partial charge in [0.1, 0.15) is 22.4 Å². The average molecular weight is 551 g/mol. The Kier molecular flexibility index (Phi) is 8.99. The van der Waals surface area contributed by atoms with Crippen LogP contribution in [0.1, 0.15) is 41.4 Å². The molecule has 1 N–H and O–H groups in total. The topological polar surface area (TPSA) is 80.9 Å². The monoisotopic (exact) mass is 550 g/mol. The lowest BCUT2D eigenvalue weighted by Crippen LogP contribution is -2.02. The van der Waals surface area contributed by atoms with E-state index in [-0.39, 0.29) is 10.8 Å². The minimum atomic E-state index is -0.860. The molecule has 0 saturated carbocycles. The molecule has 0 atom stereocenters. The second kappa shape index (κ2) is 11.6. The van der Waals surface area contributed by atoms with Gasteiger partial charge in [0.2, 0.25) is 5.13 Å². The molecule has 0 saturated heterocycles. The molecule has 0 amide bonds. The van der Waals surface area contributed by atoms with Crippen molar-refractivity contribution in [1.29, 1.82) is 0 Å². The molecule has 0 radical (unpaired) electrons. The van der Waals surface area contributed by atoms with Gasteiger partial charge >= 0.3 is 0 Å². The first-order chi connectivity index (χ1) is 17.1. The molecule has 4 aromatic rings. The Bertz CT molecular complexity index is 1380. The van der Waals surface area contributed by atoms with Gasteiger partial charge in [-0.1, -0.05) is 36.8 Å². The Morgan fingerprint density at radius 3 is 2.14 bits per heavy atom. The van der Waals surface area contributed by atoms with Gasteiger partial charge in [0.05, 0.1) is 15.6 Å². The van der Waals surface area contributed by atoms with Crippen LogP contribution in [0, 0.1) is 32.4 Å². The van der Waals surface area contributed by atoms with Crippen molar-refractivity contribution in [2.45, 2.75) is 44.1 Å². The van der Waals surface area contributed by atoms with Crippen LogP contribution in [0.25, 0.3) is 27.5 Å². The number of benzene rings is 1. The van der Waals surface area contributed by atoms with Crippen molar-refractivity contribution in [3.8, 4) is 27.5 Å². The maximum absolute atomic E-state index is 14.2. The zero-order valence-electron chi connectivity index (χ0n) is 20.6. The molecule has 0 spiro atoms. The third-order valence-corrected chi connectivity index (χ3v) is 7.55. The smallest absolute Gasteiger partial charge is 0.212 e. The van der Waals surface area contributed by atoms with Gasteiger partial charge in [-0.2, -0.15) is 5.10 Å². The van der Waals surface area contributed by atoms with Crippen molar-refractivity contribution in [2.24, 2.45) is 0 Å². The number of pyridine rings is 1. The van der Waals surface area contributed by atoms with Crippen molar-refractivity contribution in [3.05, 3.63) is 63.7 Å². The lowest BCUT2D eigenvalue weighted by atomic mass is 10.0. The van der Waals surface area contributed by atoms with Crippen LogP contribution in [0.2, 0.25) is 5.02 Å². The summed E-state index contributed by atoms with van der Waals surface area (Å²) in [4.78, 5) is 21.3. The first-order valence-electron chi connectivity index (χ1n) is 10.9. The second-order valence-corrected chi connectivity index (χ2v) is 11.3. The van der Waals surface area contributed by atoms with Crippen LogP contribution in [-0.2, 0) is 0 Å². The van der Waals surface area contributed by atoms with E-state index in [2.05, 4.69) is 15.1 Å². The Morgan fingerprint density at radius 2 is 1.61 bits per heavy atom. The van der Waals surface area contributed by atoms with Gasteiger partial charge in [-0.05, 0) is 50.6 Å². The number of hydrogen-bond donors (Lipinski definition) is 1. The summed E-state index contributed by atoms with van der Waals surface area (Å²) in [5, 5.41) is 11.7. The molecule has 0 aliphatic rings. The summed E-state index contributed by atoms with van der Waals surface area (Å²) in [5.41, 5.74) is 4.88. The molecule has 0 aliphatic heterocycles. The summed E-state index contributed by atoms with van der Waals surface area (Å²) < 4.78 is 30.7. The highest BCUT2D eigenvalue weighted by molar-refractivity contribution is 8.01. The van der Waals surface area contributed by atoms with Gasteiger partial charge < -0.3 is 5.11 Å². The summed E-state index contributed by atoms with van der Waals surface area (Å²) in [7, 11) is 1.00. The maximum Gasteiger partial charge on any atom is 0.212 e. The van der Waals surface area contributed by atoms with Crippen LogP contribution in [0.5, 0.6) is 0 Å². The number of aromatic nitrogens is 4. The van der Waals surface area contributed by atoms with Gasteiger partial charge in [0.25, 0.3) is 0 Å². The first kappa shape index (κ1) is 27.9. The number of nitrogens with zero attached hydrogens (tertiary/aromatic N) is 4. The van der Waals surface area contributed by atoms with E-state index in [0.29, 0.717) is 27.8 Å². The molecule has 0 fully saturated rings. The number of hydrogen-bond acceptors (Lipinski definition) is 7. The van der Waals surface area contributed by atoms with E-state index in [0.717, 1.165) is 46.7 Å². The number of aliphatic hydroxyl groups is 1. The van der Waals surface area contributed by atoms with Gasteiger partial charge in [0.15, 0.2) is 6.29 Å². The molecule has 4 rings (SSSR count). The predicted octanol–water partition coefficient (Wildman–Crippen LogP) is 6.84. The minimum absolute atomic E-state index is 0.192. The largest absolute Gasteiger partial charge is 0.400 e. The van der Waals surface area contributed by atoms with E-state index in [4.69, 9.17) is 16.7 Å². The first-order valence-corrected chi connectivity index (χ1v) is 12.9. The van der Waals surface area contributed by atoms with Gasteiger partial charge in [-0.3, -0.25) is 9.78 Å². The van der Waals surface area contributed by atoms with Crippen LogP contribution in [0.4, 0.5) is 8.78 Å². The fourth-order valence-electron chi connectivity index (χ4n) is 3.69. The van der Waals surface area contributed by atoms with Crippen LogP contribution < -0.4 is 0 Å². The van der Waals surface area contributed by atoms with E-state index in [1.807, 2.05) is 46.8 Å². The standard InChI is InChI=1S/C24H21ClF2N4OS2.CH4O/c1-11(2)33-23-22(16-8-17(26)21(25)18(27)9-16)29-24(34-23)31-19(10-32)20(14(5)30-31)15-6-12(3)28-13(4)7-15;1-2/h6-11H,1-5H3;2H,1H3. The van der Waals surface area contributed by atoms with Gasteiger partial charge in [0, 0.05) is 34.9 Å². The summed E-state index contributed by atoms with van der Waals surface area (Å²) in [6, 6.07) is 6.14. The number of aliphatic hydroxyl groups excluding tert-OH is 1. The van der Waals surface area contributed by atoms with E-state index in [9.17, 15) is 13.6 Å². The van der Waals surface area contributed by atoms with Gasteiger partial charge in [-0.25, -0.2) is 18.4 Å². The molecule has 3 aromatic heterocycles. The molecule has 11 heteroatoms. The Balaban J connectivity index is 0.00000176. The molecule has 36 heavy (non-hydrogen) atoms. The molecule has 1 aromatic carbocycles. The molecule has 0 bridgehead atoms. The van der Waals surface area contributed by atoms with E-state index >= 15 is 0 Å². The summed E-state index contributed by atoms with van der Waals surface area (Å²) in [5.74, 6) is -1.72. The van der Waals surface area contributed by atoms with Crippen molar-refractivity contribution in [2.75, 3.05) is 7.11 Å². The molecule has 0 aliphatic carbocycles. The fraction of sp³-hybridized carbons (Fsp3) is 0.280. The molecular formula is C25H25ClF2N4O2S2. The zero-order valence-corrected chi connectivity index (χ0v) is 22.9. The lowest BCUT2D eigenvalue weighted by Gasteiger charge is -2.06. The minimum Gasteiger partial charge on any atom is -0.400 e. The molecule has 3 heterocycles. The highest BCUT2D eigenvalue weighted by Crippen LogP contribution is 2.41. The van der Waals surface area contributed by atoms with Gasteiger partial charge in [-0.15, -0.1) is 11.8 Å². The SMILES string of the molecule is CO.Cc1cc(-c2c(C)nn(-c3nc(-c4cc(F)c(Cl)c(F)c4)c(SC(C)C)s3)c2C=O)cc(C)n1. The highest BCUT2D eigenvalue weighted by atomic mass is 35.5. The predicted molar refractivity (Wildman–Crippen MR) is 142 cm³/mol. The number of aldehydes is 1. The number of thiazole rings is 1. The highest BCUT2D eigenvalue weighted by Gasteiger charge is 2.24. The van der Waals surface area contributed by atoms with Crippen molar-refractivity contribution in [3.63, 3.8) is 0 Å². The summed E-state index contributed by atoms with van der Waals surface area (Å²) >= 11 is 8.50. The zero-order chi connectivity index (χ0) is 26.7. The number of carbonyl (C=O) groups is 1. The van der Waals surface area contributed by atoms with Crippen LogP contribution >= 0.6 is 34.7 Å². The van der Waals surface area contributed by atoms with E-state index in [1.165, 1.54) is 27.8 Å². The number of halogens is 3. The van der Waals surface area contributed by atoms with E-state index < -0.39 is 16.7 Å². The molecule has 0 unspecified atom stereocenters. The normalized spacial score (nSPS) is 11.0. The van der Waals surface area contributed by atoms with Crippen LogP contribution in [-0.4, -0.2) is 43.5 Å². The lowest BCUT2D eigenvalue weighted by molar-refractivity contribution is 0.111. The van der Waals surface area contributed by atoms with Crippen LogP contribution in [0.3, 0.4) is 0 Å². The molecule has 190 valence electrons. The van der Waals surface area contributed by atoms with E-state index in [1.54, 1.807) is 0 Å². The number of aryl methyl sites for hydroxylation is 3. The number of rotatable bonds is 6. The number of carbonyl (C=O) groups excluding carboxylic acids is 1. The third-order valence-electron chi connectivity index (χ3n) is 4.94. The van der Waals surface area contributed by atoms with Crippen molar-refractivity contribution in [1.82, 2.24) is 19.7 Å². The fourth-order valence-corrected chi connectivity index (χ4v) is 6.28. The second-order valence-electron chi connectivity index (χ2n) is 8.07. The molecule has 6 nitrogen and oxygen atoms in total. The average Bonchev–Trinajstić information content (AvgIpc) is 3.37. The Labute approximate surface area is 221 Å². The summed E-state index contributed by atoms with van der Waals surface area (Å²) in [6.45, 7) is 9.63. The third kappa shape index (κ3) is 5.67. The van der Waals surface area contributed by atoms with Crippen LogP contribution in [0.15, 0.2) is 28.5 Å². The Hall–Kier alpha value is -2.66.